The van der Waals surface area contributed by atoms with E-state index in [0.717, 1.165) is 31.4 Å². The lowest BCUT2D eigenvalue weighted by Gasteiger charge is -2.37. The maximum absolute atomic E-state index is 13.0. The molecule has 1 spiro atoms. The molecule has 1 aromatic rings. The van der Waals surface area contributed by atoms with Gasteiger partial charge in [0.25, 0.3) is 5.91 Å². The molecular weight excluding hydrogens is 368 g/mol. The quantitative estimate of drug-likeness (QED) is 0.839. The summed E-state index contributed by atoms with van der Waals surface area (Å²) in [4.78, 5) is 29.7. The van der Waals surface area contributed by atoms with Crippen LogP contribution in [-0.2, 0) is 16.0 Å². The van der Waals surface area contributed by atoms with Crippen molar-refractivity contribution in [2.75, 3.05) is 26.2 Å². The molecule has 3 fully saturated rings. The Morgan fingerprint density at radius 2 is 1.86 bits per heavy atom. The van der Waals surface area contributed by atoms with Crippen LogP contribution in [0.15, 0.2) is 6.07 Å². The average Bonchev–Trinajstić information content (AvgIpc) is 3.14. The third-order valence-electron chi connectivity index (χ3n) is 6.74. The van der Waals surface area contributed by atoms with Crippen molar-refractivity contribution in [2.24, 2.45) is 17.3 Å². The second kappa shape index (κ2) is 7.74. The Morgan fingerprint density at radius 1 is 1.21 bits per heavy atom. The topological polar surface area (TPSA) is 78.5 Å². The minimum absolute atomic E-state index is 0.00506. The molecule has 7 heteroatoms. The molecule has 29 heavy (non-hydrogen) atoms. The van der Waals surface area contributed by atoms with Gasteiger partial charge in [-0.2, -0.15) is 5.10 Å². The van der Waals surface area contributed by atoms with Crippen molar-refractivity contribution in [1.29, 1.82) is 0 Å². The van der Waals surface area contributed by atoms with Crippen LogP contribution in [0.1, 0.15) is 63.1 Å². The Labute approximate surface area is 173 Å². The summed E-state index contributed by atoms with van der Waals surface area (Å²) >= 11 is 0. The van der Waals surface area contributed by atoms with Crippen LogP contribution in [0.3, 0.4) is 0 Å². The molecule has 0 radical (unpaired) electrons. The molecule has 1 saturated carbocycles. The second-order valence-corrected chi connectivity index (χ2v) is 9.79. The number of rotatable bonds is 4. The number of aromatic amines is 1. The van der Waals surface area contributed by atoms with Crippen molar-refractivity contribution in [1.82, 2.24) is 20.0 Å². The molecule has 2 aliphatic heterocycles. The van der Waals surface area contributed by atoms with Gasteiger partial charge in [-0.05, 0) is 56.9 Å². The number of hydrogen-bond acceptors (Lipinski definition) is 4. The molecule has 3 heterocycles. The normalized spacial score (nSPS) is 28.8. The van der Waals surface area contributed by atoms with Crippen LogP contribution >= 0.6 is 0 Å². The molecule has 0 unspecified atom stereocenters. The van der Waals surface area contributed by atoms with Gasteiger partial charge >= 0.3 is 0 Å². The first-order chi connectivity index (χ1) is 13.8. The summed E-state index contributed by atoms with van der Waals surface area (Å²) in [7, 11) is 0. The number of nitrogens with one attached hydrogen (secondary N) is 1. The van der Waals surface area contributed by atoms with E-state index in [4.69, 9.17) is 4.74 Å². The van der Waals surface area contributed by atoms with Gasteiger partial charge < -0.3 is 14.5 Å². The van der Waals surface area contributed by atoms with Gasteiger partial charge in [0.2, 0.25) is 5.91 Å². The third kappa shape index (κ3) is 4.20. The number of piperidine rings is 1. The first kappa shape index (κ1) is 20.4. The van der Waals surface area contributed by atoms with Gasteiger partial charge in [-0.1, -0.05) is 13.8 Å². The highest BCUT2D eigenvalue weighted by Gasteiger charge is 2.59. The summed E-state index contributed by atoms with van der Waals surface area (Å²) in [6.45, 7) is 11.2. The number of ether oxygens (including phenoxy) is 1. The molecule has 7 nitrogen and oxygen atoms in total. The minimum atomic E-state index is 0.00506. The number of hydrogen-bond donors (Lipinski definition) is 1. The van der Waals surface area contributed by atoms with Gasteiger partial charge in [-0.3, -0.25) is 14.7 Å². The van der Waals surface area contributed by atoms with Crippen molar-refractivity contribution < 1.29 is 14.3 Å². The monoisotopic (exact) mass is 402 g/mol. The molecule has 4 rings (SSSR count). The third-order valence-corrected chi connectivity index (χ3v) is 6.74. The lowest BCUT2D eigenvalue weighted by molar-refractivity contribution is -0.145. The summed E-state index contributed by atoms with van der Waals surface area (Å²) < 4.78 is 5.76. The fourth-order valence-corrected chi connectivity index (χ4v) is 5.16. The molecular formula is C22H34N4O3. The van der Waals surface area contributed by atoms with Gasteiger partial charge in [-0.25, -0.2) is 0 Å². The number of nitrogens with zero attached hydrogens (tertiary/aromatic N) is 3. The molecule has 1 N–H and O–H groups in total. The van der Waals surface area contributed by atoms with Gasteiger partial charge in [0.1, 0.15) is 5.69 Å². The van der Waals surface area contributed by atoms with E-state index in [1.165, 1.54) is 0 Å². The van der Waals surface area contributed by atoms with Crippen LogP contribution in [0.4, 0.5) is 0 Å². The largest absolute Gasteiger partial charge is 0.372 e. The standard InChI is InChI=1S/C22H34N4O3/c1-14(2)9-17-10-19(24-23-17)21(28)25-7-5-22(6-8-25)11-18(22)20(27)26-12-15(3)29-16(4)13-26/h10,14-16,18H,5-9,11-13H2,1-4H3,(H,23,24)/t15-,16+,18-/m0/s1. The smallest absolute Gasteiger partial charge is 0.274 e. The fourth-order valence-electron chi connectivity index (χ4n) is 5.16. The summed E-state index contributed by atoms with van der Waals surface area (Å²) in [6, 6.07) is 1.89. The van der Waals surface area contributed by atoms with Crippen molar-refractivity contribution in [3.8, 4) is 0 Å². The van der Waals surface area contributed by atoms with E-state index in [1.807, 2.05) is 29.7 Å². The van der Waals surface area contributed by atoms with Crippen LogP contribution < -0.4 is 0 Å². The van der Waals surface area contributed by atoms with Gasteiger partial charge in [0, 0.05) is 37.8 Å². The van der Waals surface area contributed by atoms with Crippen LogP contribution in [-0.4, -0.2) is 70.2 Å². The minimum Gasteiger partial charge on any atom is -0.372 e. The lowest BCUT2D eigenvalue weighted by Crippen LogP contribution is -2.49. The molecule has 1 aliphatic carbocycles. The van der Waals surface area contributed by atoms with E-state index in [0.29, 0.717) is 37.8 Å². The zero-order valence-electron chi connectivity index (χ0n) is 18.1. The van der Waals surface area contributed by atoms with Crippen LogP contribution in [0.25, 0.3) is 0 Å². The predicted molar refractivity (Wildman–Crippen MR) is 109 cm³/mol. The number of H-pyrrole nitrogens is 1. The second-order valence-electron chi connectivity index (χ2n) is 9.79. The number of aromatic nitrogens is 2. The maximum Gasteiger partial charge on any atom is 0.274 e. The molecule has 3 atom stereocenters. The highest BCUT2D eigenvalue weighted by Crippen LogP contribution is 2.60. The number of amides is 2. The first-order valence-corrected chi connectivity index (χ1v) is 11.1. The summed E-state index contributed by atoms with van der Waals surface area (Å²) in [5.74, 6) is 0.943. The molecule has 3 aliphatic rings. The predicted octanol–water partition coefficient (Wildman–Crippen LogP) is 2.49. The SMILES string of the molecule is CC(C)Cc1cc(C(=O)N2CCC3(CC2)C[C@H]3C(=O)N2C[C@@H](C)O[C@@H](C)C2)n[nH]1. The zero-order chi connectivity index (χ0) is 20.8. The number of carbonyl (C=O) groups is 2. The highest BCUT2D eigenvalue weighted by atomic mass is 16.5. The molecule has 0 aromatic carbocycles. The van der Waals surface area contributed by atoms with Gasteiger partial charge in [-0.15, -0.1) is 0 Å². The van der Waals surface area contributed by atoms with Crippen molar-refractivity contribution in [2.45, 2.75) is 65.6 Å². The zero-order valence-corrected chi connectivity index (χ0v) is 18.1. The van der Waals surface area contributed by atoms with Crippen molar-refractivity contribution in [3.63, 3.8) is 0 Å². The van der Waals surface area contributed by atoms with E-state index < -0.39 is 0 Å². The van der Waals surface area contributed by atoms with Crippen molar-refractivity contribution >= 4 is 11.8 Å². The van der Waals surface area contributed by atoms with Crippen LogP contribution in [0, 0.1) is 17.3 Å². The van der Waals surface area contributed by atoms with E-state index in [2.05, 4.69) is 24.0 Å². The highest BCUT2D eigenvalue weighted by molar-refractivity contribution is 5.92. The van der Waals surface area contributed by atoms with Crippen molar-refractivity contribution in [3.05, 3.63) is 17.5 Å². The lowest BCUT2D eigenvalue weighted by atomic mass is 9.90. The van der Waals surface area contributed by atoms with E-state index in [9.17, 15) is 9.59 Å². The Kier molecular flexibility index (Phi) is 5.44. The molecule has 0 bridgehead atoms. The summed E-state index contributed by atoms with van der Waals surface area (Å²) in [6.07, 6.45) is 3.89. The van der Waals surface area contributed by atoms with Gasteiger partial charge in [0.15, 0.2) is 0 Å². The Hall–Kier alpha value is -1.89. The molecule has 2 saturated heterocycles. The molecule has 160 valence electrons. The maximum atomic E-state index is 13.0. The molecule has 1 aromatic heterocycles. The van der Waals surface area contributed by atoms with Gasteiger partial charge in [0.05, 0.1) is 12.2 Å². The average molecular weight is 403 g/mol. The Balaban J connectivity index is 1.31. The van der Waals surface area contributed by atoms with E-state index in [-0.39, 0.29) is 35.4 Å². The van der Waals surface area contributed by atoms with E-state index in [1.54, 1.807) is 0 Å². The molecule has 2 amide bonds. The Bertz CT molecular complexity index is 756. The van der Waals surface area contributed by atoms with Crippen LogP contribution in [0.2, 0.25) is 0 Å². The number of carbonyl (C=O) groups excluding carboxylic acids is 2. The van der Waals surface area contributed by atoms with Crippen LogP contribution in [0.5, 0.6) is 0 Å². The fraction of sp³-hybridized carbons (Fsp3) is 0.773. The Morgan fingerprint density at radius 3 is 2.48 bits per heavy atom. The number of morpholine rings is 1. The van der Waals surface area contributed by atoms with E-state index >= 15 is 0 Å². The number of likely N-dealkylation sites (tertiary alicyclic amines) is 1. The summed E-state index contributed by atoms with van der Waals surface area (Å²) in [5.41, 5.74) is 1.63. The first-order valence-electron chi connectivity index (χ1n) is 11.1. The summed E-state index contributed by atoms with van der Waals surface area (Å²) in [5, 5.41) is 7.22.